The smallest absolute Gasteiger partial charge is 0.247 e. The summed E-state index contributed by atoms with van der Waals surface area (Å²) >= 11 is 0. The summed E-state index contributed by atoms with van der Waals surface area (Å²) in [7, 11) is 0. The molecule has 0 aromatic heterocycles. The Morgan fingerprint density at radius 1 is 1.28 bits per heavy atom. The number of hydrogen-bond donors (Lipinski definition) is 4. The molecule has 18 heavy (non-hydrogen) atoms. The quantitative estimate of drug-likeness (QED) is 0.454. The average molecular weight is 260 g/mol. The third-order valence-corrected chi connectivity index (χ3v) is 3.12. The summed E-state index contributed by atoms with van der Waals surface area (Å²) in [6.07, 6.45) is 4.23. The van der Waals surface area contributed by atoms with Crippen molar-refractivity contribution in [2.75, 3.05) is 19.7 Å². The molecule has 0 heterocycles. The Labute approximate surface area is 108 Å². The minimum absolute atomic E-state index is 0.0514. The number of carbonyl (C=O) groups excluding carboxylic acids is 1. The Balaban J connectivity index is 2.02. The van der Waals surface area contributed by atoms with E-state index in [4.69, 9.17) is 15.6 Å². The van der Waals surface area contributed by atoms with Gasteiger partial charge in [0.2, 0.25) is 5.91 Å². The van der Waals surface area contributed by atoms with Crippen LogP contribution < -0.4 is 11.1 Å². The molecule has 0 bridgehead atoms. The van der Waals surface area contributed by atoms with Crippen molar-refractivity contribution in [2.24, 2.45) is 5.73 Å². The molecular formula is C12H24N2O4. The summed E-state index contributed by atoms with van der Waals surface area (Å²) in [5, 5.41) is 21.5. The first-order chi connectivity index (χ1) is 8.59. The van der Waals surface area contributed by atoms with Gasteiger partial charge in [-0.2, -0.15) is 0 Å². The molecule has 1 rings (SSSR count). The average Bonchev–Trinajstić information content (AvgIpc) is 2.37. The zero-order chi connectivity index (χ0) is 13.4. The second-order valence-electron chi connectivity index (χ2n) is 4.82. The summed E-state index contributed by atoms with van der Waals surface area (Å²) in [6.45, 7) is 0.608. The lowest BCUT2D eigenvalue weighted by atomic mass is 9.98. The van der Waals surface area contributed by atoms with Gasteiger partial charge in [-0.1, -0.05) is 19.3 Å². The highest BCUT2D eigenvalue weighted by Crippen LogP contribution is 2.20. The first-order valence-corrected chi connectivity index (χ1v) is 6.57. The van der Waals surface area contributed by atoms with E-state index in [0.717, 1.165) is 12.8 Å². The number of primary amides is 1. The largest absolute Gasteiger partial charge is 0.389 e. The molecule has 1 aliphatic carbocycles. The van der Waals surface area contributed by atoms with Gasteiger partial charge in [0.15, 0.2) is 0 Å². The third kappa shape index (κ3) is 6.30. The van der Waals surface area contributed by atoms with Crippen LogP contribution in [0.25, 0.3) is 0 Å². The van der Waals surface area contributed by atoms with Crippen molar-refractivity contribution in [3.05, 3.63) is 0 Å². The summed E-state index contributed by atoms with van der Waals surface area (Å²) in [6, 6.07) is 0. The highest BCUT2D eigenvalue weighted by Gasteiger charge is 2.16. The molecule has 1 aliphatic rings. The molecule has 0 spiro atoms. The van der Waals surface area contributed by atoms with Gasteiger partial charge in [-0.15, -0.1) is 0 Å². The van der Waals surface area contributed by atoms with Crippen LogP contribution >= 0.6 is 0 Å². The molecule has 6 nitrogen and oxygen atoms in total. The lowest BCUT2D eigenvalue weighted by molar-refractivity contribution is -0.125. The predicted octanol–water partition coefficient (Wildman–Crippen LogP) is -0.868. The third-order valence-electron chi connectivity index (χ3n) is 3.12. The maximum absolute atomic E-state index is 10.6. The van der Waals surface area contributed by atoms with Crippen LogP contribution in [0.5, 0.6) is 0 Å². The number of ether oxygens (including phenoxy) is 1. The normalized spacial score (nSPS) is 20.6. The zero-order valence-electron chi connectivity index (χ0n) is 10.7. The van der Waals surface area contributed by atoms with E-state index in [1.54, 1.807) is 0 Å². The molecule has 0 saturated heterocycles. The van der Waals surface area contributed by atoms with Gasteiger partial charge in [0, 0.05) is 13.1 Å². The van der Waals surface area contributed by atoms with Crippen LogP contribution in [-0.2, 0) is 9.53 Å². The summed E-state index contributed by atoms with van der Waals surface area (Å²) < 4.78 is 5.61. The van der Waals surface area contributed by atoms with Crippen molar-refractivity contribution in [3.8, 4) is 0 Å². The van der Waals surface area contributed by atoms with Gasteiger partial charge in [0.05, 0.1) is 18.8 Å². The van der Waals surface area contributed by atoms with Crippen molar-refractivity contribution in [1.82, 2.24) is 5.32 Å². The Morgan fingerprint density at radius 3 is 2.56 bits per heavy atom. The van der Waals surface area contributed by atoms with E-state index in [0.29, 0.717) is 0 Å². The molecule has 2 atom stereocenters. The van der Waals surface area contributed by atoms with Crippen molar-refractivity contribution < 1.29 is 19.7 Å². The predicted molar refractivity (Wildman–Crippen MR) is 66.9 cm³/mol. The molecule has 0 aliphatic heterocycles. The number of amides is 1. The topological polar surface area (TPSA) is 105 Å². The van der Waals surface area contributed by atoms with Crippen LogP contribution in [0.1, 0.15) is 32.1 Å². The van der Waals surface area contributed by atoms with E-state index in [1.807, 2.05) is 0 Å². The van der Waals surface area contributed by atoms with Crippen molar-refractivity contribution in [2.45, 2.75) is 50.4 Å². The number of nitrogens with one attached hydrogen (secondary N) is 1. The summed E-state index contributed by atoms with van der Waals surface area (Å²) in [5.41, 5.74) is 4.89. The van der Waals surface area contributed by atoms with E-state index in [1.165, 1.54) is 19.3 Å². The van der Waals surface area contributed by atoms with Crippen LogP contribution in [0.4, 0.5) is 0 Å². The number of rotatable bonds is 8. The first-order valence-electron chi connectivity index (χ1n) is 6.57. The lowest BCUT2D eigenvalue weighted by Gasteiger charge is -2.23. The number of aliphatic hydroxyl groups is 2. The minimum Gasteiger partial charge on any atom is -0.389 e. The van der Waals surface area contributed by atoms with E-state index in [-0.39, 0.29) is 25.8 Å². The SMILES string of the molecule is NC(=O)C(O)CNCC(O)COC1CCCCC1. The Hall–Kier alpha value is -0.690. The second-order valence-corrected chi connectivity index (χ2v) is 4.82. The van der Waals surface area contributed by atoms with E-state index in [9.17, 15) is 9.90 Å². The number of carbonyl (C=O) groups is 1. The fraction of sp³-hybridized carbons (Fsp3) is 0.917. The van der Waals surface area contributed by atoms with Crippen LogP contribution in [-0.4, -0.2) is 54.1 Å². The lowest BCUT2D eigenvalue weighted by Crippen LogP contribution is -2.41. The van der Waals surface area contributed by atoms with Gasteiger partial charge in [-0.3, -0.25) is 4.79 Å². The van der Waals surface area contributed by atoms with Crippen LogP contribution in [0.3, 0.4) is 0 Å². The monoisotopic (exact) mass is 260 g/mol. The second kappa shape index (κ2) is 8.42. The maximum atomic E-state index is 10.6. The highest BCUT2D eigenvalue weighted by atomic mass is 16.5. The molecule has 1 saturated carbocycles. The van der Waals surface area contributed by atoms with Gasteiger partial charge in [0.1, 0.15) is 6.10 Å². The van der Waals surface area contributed by atoms with E-state index < -0.39 is 18.1 Å². The van der Waals surface area contributed by atoms with Crippen molar-refractivity contribution >= 4 is 5.91 Å². The Bertz CT molecular complexity index is 244. The molecule has 5 N–H and O–H groups in total. The van der Waals surface area contributed by atoms with Crippen molar-refractivity contribution in [1.29, 1.82) is 0 Å². The van der Waals surface area contributed by atoms with E-state index in [2.05, 4.69) is 5.32 Å². The van der Waals surface area contributed by atoms with Gasteiger partial charge in [-0.05, 0) is 12.8 Å². The number of hydrogen-bond acceptors (Lipinski definition) is 5. The fourth-order valence-corrected chi connectivity index (χ4v) is 2.03. The minimum atomic E-state index is -1.21. The van der Waals surface area contributed by atoms with Crippen molar-refractivity contribution in [3.63, 3.8) is 0 Å². The van der Waals surface area contributed by atoms with Gasteiger partial charge >= 0.3 is 0 Å². The fourth-order valence-electron chi connectivity index (χ4n) is 2.03. The molecule has 1 fully saturated rings. The molecule has 2 unspecified atom stereocenters. The molecule has 0 aromatic rings. The summed E-state index contributed by atoms with van der Waals surface area (Å²) in [4.78, 5) is 10.6. The molecule has 0 aromatic carbocycles. The van der Waals surface area contributed by atoms with Gasteiger partial charge in [-0.25, -0.2) is 0 Å². The Kier molecular flexibility index (Phi) is 7.19. The van der Waals surface area contributed by atoms with Crippen LogP contribution in [0, 0.1) is 0 Å². The number of nitrogens with two attached hydrogens (primary N) is 1. The molecule has 0 radical (unpaired) electrons. The highest BCUT2D eigenvalue weighted by molar-refractivity contribution is 5.78. The maximum Gasteiger partial charge on any atom is 0.247 e. The van der Waals surface area contributed by atoms with Gasteiger partial charge in [0.25, 0.3) is 0 Å². The number of aliphatic hydroxyl groups excluding tert-OH is 2. The zero-order valence-corrected chi connectivity index (χ0v) is 10.7. The van der Waals surface area contributed by atoms with Crippen LogP contribution in [0.15, 0.2) is 0 Å². The Morgan fingerprint density at radius 2 is 1.94 bits per heavy atom. The van der Waals surface area contributed by atoms with E-state index >= 15 is 0 Å². The standard InChI is InChI=1S/C12H24N2O4/c13-12(17)11(16)7-14-6-9(15)8-18-10-4-2-1-3-5-10/h9-11,14-16H,1-8H2,(H2,13,17). The van der Waals surface area contributed by atoms with Gasteiger partial charge < -0.3 is 26.0 Å². The van der Waals surface area contributed by atoms with Crippen LogP contribution in [0.2, 0.25) is 0 Å². The summed E-state index contributed by atoms with van der Waals surface area (Å²) in [5.74, 6) is -0.768. The first kappa shape index (κ1) is 15.4. The molecule has 106 valence electrons. The molecular weight excluding hydrogens is 236 g/mol. The molecule has 6 heteroatoms. The molecule has 1 amide bonds.